The molecule has 21 heavy (non-hydrogen) atoms. The molecule has 5 N–H and O–H groups in total. The monoisotopic (exact) mass is 294 g/mol. The van der Waals surface area contributed by atoms with Crippen LogP contribution in [0, 0.1) is 13.8 Å². The van der Waals surface area contributed by atoms with Gasteiger partial charge in [-0.25, -0.2) is 0 Å². The van der Waals surface area contributed by atoms with Gasteiger partial charge in [0.25, 0.3) is 5.56 Å². The minimum absolute atomic E-state index is 0.0310. The van der Waals surface area contributed by atoms with E-state index in [1.807, 2.05) is 13.8 Å². The number of nitrogens with one attached hydrogen (secondary N) is 1. The molecule has 0 spiro atoms. The number of ether oxygens (including phenoxy) is 1. The molecule has 0 bridgehead atoms. The summed E-state index contributed by atoms with van der Waals surface area (Å²) in [7, 11) is 0. The van der Waals surface area contributed by atoms with E-state index in [2.05, 4.69) is 9.97 Å². The van der Waals surface area contributed by atoms with Gasteiger partial charge in [0.05, 0.1) is 18.1 Å². The van der Waals surface area contributed by atoms with E-state index in [0.717, 1.165) is 11.3 Å². The third-order valence-corrected chi connectivity index (χ3v) is 4.10. The average Bonchev–Trinajstić information content (AvgIpc) is 2.89. The number of rotatable bonds is 2. The molecule has 0 unspecified atom stereocenters. The van der Waals surface area contributed by atoms with Crippen molar-refractivity contribution in [2.75, 3.05) is 12.3 Å². The molecule has 2 aromatic rings. The predicted octanol–water partition coefficient (Wildman–Crippen LogP) is -0.436. The molecule has 3 rings (SSSR count). The maximum absolute atomic E-state index is 12.1. The van der Waals surface area contributed by atoms with Gasteiger partial charge < -0.3 is 25.3 Å². The maximum atomic E-state index is 12.1. The standard InChI is InChI=1S/C13H18N4O4/c1-5-6(2)17(9-3-7(19)8(4-18)21-9)11-10(5)12(20)16-13(14)15-11/h7-9,18-19H,3-4H2,1-2H3,(H3,14,15,16,20)/t7-,8+,9+/m0/s1. The second-order valence-corrected chi connectivity index (χ2v) is 5.34. The summed E-state index contributed by atoms with van der Waals surface area (Å²) in [6, 6.07) is 0. The SMILES string of the molecule is Cc1c(C)n([C@H]2C[C@H](O)[C@@H](CO)O2)c2nc(N)[nH]c(=O)c12. The fourth-order valence-electron chi connectivity index (χ4n) is 2.90. The molecule has 0 amide bonds. The number of aryl methyl sites for hydroxylation is 1. The summed E-state index contributed by atoms with van der Waals surface area (Å²) in [5.41, 5.74) is 7.38. The van der Waals surface area contributed by atoms with Crippen molar-refractivity contribution in [3.05, 3.63) is 21.6 Å². The van der Waals surface area contributed by atoms with Crippen LogP contribution in [0.4, 0.5) is 5.95 Å². The van der Waals surface area contributed by atoms with Gasteiger partial charge in [-0.15, -0.1) is 0 Å². The van der Waals surface area contributed by atoms with Gasteiger partial charge in [0, 0.05) is 12.1 Å². The molecule has 1 fully saturated rings. The lowest BCUT2D eigenvalue weighted by Gasteiger charge is -2.16. The van der Waals surface area contributed by atoms with Gasteiger partial charge in [0.1, 0.15) is 12.3 Å². The van der Waals surface area contributed by atoms with E-state index in [-0.39, 0.29) is 18.1 Å². The Balaban J connectivity index is 2.20. The molecule has 114 valence electrons. The Hall–Kier alpha value is -1.90. The molecule has 0 aliphatic carbocycles. The van der Waals surface area contributed by atoms with E-state index in [4.69, 9.17) is 10.5 Å². The van der Waals surface area contributed by atoms with Crippen molar-refractivity contribution in [3.63, 3.8) is 0 Å². The summed E-state index contributed by atoms with van der Waals surface area (Å²) in [5.74, 6) is 0.0310. The van der Waals surface area contributed by atoms with Crippen molar-refractivity contribution in [1.29, 1.82) is 0 Å². The molecule has 8 heteroatoms. The van der Waals surface area contributed by atoms with E-state index < -0.39 is 18.4 Å². The number of aliphatic hydroxyl groups is 2. The van der Waals surface area contributed by atoms with Gasteiger partial charge in [-0.3, -0.25) is 9.78 Å². The molecule has 0 aromatic carbocycles. The Kier molecular flexibility index (Phi) is 3.23. The predicted molar refractivity (Wildman–Crippen MR) is 75.9 cm³/mol. The third kappa shape index (κ3) is 2.03. The topological polar surface area (TPSA) is 126 Å². The van der Waals surface area contributed by atoms with Crippen LogP contribution in [0.25, 0.3) is 11.0 Å². The second-order valence-electron chi connectivity index (χ2n) is 5.34. The molecular formula is C13H18N4O4. The average molecular weight is 294 g/mol. The molecular weight excluding hydrogens is 276 g/mol. The number of nitrogens with zero attached hydrogens (tertiary/aromatic N) is 2. The smallest absolute Gasteiger partial charge is 0.262 e. The first-order valence-electron chi connectivity index (χ1n) is 6.75. The number of hydrogen-bond acceptors (Lipinski definition) is 6. The van der Waals surface area contributed by atoms with E-state index in [1.54, 1.807) is 4.57 Å². The first kappa shape index (κ1) is 14.1. The van der Waals surface area contributed by atoms with Crippen LogP contribution in [0.1, 0.15) is 23.9 Å². The molecule has 3 heterocycles. The molecule has 0 radical (unpaired) electrons. The van der Waals surface area contributed by atoms with Crippen LogP contribution in [0.15, 0.2) is 4.79 Å². The van der Waals surface area contributed by atoms with Crippen molar-refractivity contribution < 1.29 is 14.9 Å². The Morgan fingerprint density at radius 3 is 2.86 bits per heavy atom. The first-order valence-corrected chi connectivity index (χ1v) is 6.75. The fourth-order valence-corrected chi connectivity index (χ4v) is 2.90. The second kappa shape index (κ2) is 4.83. The zero-order chi connectivity index (χ0) is 15.3. The van der Waals surface area contributed by atoms with Crippen molar-refractivity contribution in [3.8, 4) is 0 Å². The summed E-state index contributed by atoms with van der Waals surface area (Å²) in [6.07, 6.45) is -1.55. The largest absolute Gasteiger partial charge is 0.394 e. The van der Waals surface area contributed by atoms with Gasteiger partial charge >= 0.3 is 0 Å². The molecule has 0 saturated carbocycles. The van der Waals surface area contributed by atoms with E-state index in [1.165, 1.54) is 0 Å². The van der Waals surface area contributed by atoms with Gasteiger partial charge in [0.2, 0.25) is 5.95 Å². The molecule has 2 aromatic heterocycles. The highest BCUT2D eigenvalue weighted by atomic mass is 16.5. The van der Waals surface area contributed by atoms with Crippen molar-refractivity contribution in [1.82, 2.24) is 14.5 Å². The quantitative estimate of drug-likeness (QED) is 0.595. The number of anilines is 1. The zero-order valence-electron chi connectivity index (χ0n) is 11.8. The van der Waals surface area contributed by atoms with Crippen LogP contribution in [0.3, 0.4) is 0 Å². The minimum atomic E-state index is -0.753. The normalized spacial score (nSPS) is 25.8. The highest BCUT2D eigenvalue weighted by molar-refractivity contribution is 5.81. The maximum Gasteiger partial charge on any atom is 0.262 e. The van der Waals surface area contributed by atoms with Crippen LogP contribution < -0.4 is 11.3 Å². The van der Waals surface area contributed by atoms with Gasteiger partial charge in [-0.2, -0.15) is 4.98 Å². The Labute approximate surface area is 120 Å². The number of hydrogen-bond donors (Lipinski definition) is 4. The number of nitrogens with two attached hydrogens (primary N) is 1. The van der Waals surface area contributed by atoms with Crippen molar-refractivity contribution in [2.24, 2.45) is 0 Å². The number of aromatic amines is 1. The number of aromatic nitrogens is 3. The lowest BCUT2D eigenvalue weighted by molar-refractivity contribution is -0.0436. The van der Waals surface area contributed by atoms with Crippen LogP contribution in [0.2, 0.25) is 0 Å². The molecule has 1 saturated heterocycles. The van der Waals surface area contributed by atoms with Crippen LogP contribution >= 0.6 is 0 Å². The Morgan fingerprint density at radius 1 is 1.52 bits per heavy atom. The Bertz CT molecular complexity index is 751. The van der Waals surface area contributed by atoms with Gasteiger partial charge in [-0.1, -0.05) is 0 Å². The molecule has 1 aliphatic heterocycles. The lowest BCUT2D eigenvalue weighted by atomic mass is 10.2. The number of nitrogen functional groups attached to an aromatic ring is 1. The minimum Gasteiger partial charge on any atom is -0.394 e. The van der Waals surface area contributed by atoms with Crippen LogP contribution in [0.5, 0.6) is 0 Å². The van der Waals surface area contributed by atoms with E-state index in [9.17, 15) is 15.0 Å². The van der Waals surface area contributed by atoms with E-state index in [0.29, 0.717) is 17.5 Å². The highest BCUT2D eigenvalue weighted by Crippen LogP contribution is 2.34. The van der Waals surface area contributed by atoms with Crippen LogP contribution in [-0.4, -0.2) is 43.6 Å². The van der Waals surface area contributed by atoms with E-state index >= 15 is 0 Å². The lowest BCUT2D eigenvalue weighted by Crippen LogP contribution is -2.24. The van der Waals surface area contributed by atoms with Crippen LogP contribution in [-0.2, 0) is 4.74 Å². The number of H-pyrrole nitrogens is 1. The third-order valence-electron chi connectivity index (χ3n) is 4.10. The highest BCUT2D eigenvalue weighted by Gasteiger charge is 2.36. The molecule has 3 atom stereocenters. The summed E-state index contributed by atoms with van der Waals surface area (Å²) < 4.78 is 7.42. The summed E-state index contributed by atoms with van der Waals surface area (Å²) in [6.45, 7) is 3.43. The summed E-state index contributed by atoms with van der Waals surface area (Å²) >= 11 is 0. The first-order chi connectivity index (χ1) is 9.93. The number of fused-ring (bicyclic) bond motifs is 1. The van der Waals surface area contributed by atoms with Gasteiger partial charge in [-0.05, 0) is 19.4 Å². The zero-order valence-corrected chi connectivity index (χ0v) is 11.8. The summed E-state index contributed by atoms with van der Waals surface area (Å²) in [4.78, 5) is 18.7. The van der Waals surface area contributed by atoms with Crippen molar-refractivity contribution >= 4 is 17.0 Å². The van der Waals surface area contributed by atoms with Crippen molar-refractivity contribution in [2.45, 2.75) is 38.7 Å². The Morgan fingerprint density at radius 2 is 2.24 bits per heavy atom. The number of aliphatic hydroxyl groups excluding tert-OH is 2. The summed E-state index contributed by atoms with van der Waals surface area (Å²) in [5, 5.41) is 19.5. The molecule has 8 nitrogen and oxygen atoms in total. The molecule has 1 aliphatic rings. The fraction of sp³-hybridized carbons (Fsp3) is 0.538. The van der Waals surface area contributed by atoms with Gasteiger partial charge in [0.15, 0.2) is 5.65 Å².